The van der Waals surface area contributed by atoms with Gasteiger partial charge < -0.3 is 14.9 Å². The fraction of sp³-hybridized carbons (Fsp3) is 0.467. The lowest BCUT2D eigenvalue weighted by Crippen LogP contribution is -2.54. The normalized spacial score (nSPS) is 16.5. The Balaban J connectivity index is 1.69. The molecule has 21 heavy (non-hydrogen) atoms. The number of piperazine rings is 1. The standard InChI is InChI=1S/C15H19N3O2S/c1-15(2,20)13(19)17-7-9-18(10-8-17)14-16-11-5-3-4-6-12(11)21-14/h3-6,20H,7-10H2,1-2H3. The summed E-state index contributed by atoms with van der Waals surface area (Å²) in [6.07, 6.45) is 0. The molecular formula is C15H19N3O2S. The number of carbonyl (C=O) groups is 1. The molecule has 2 heterocycles. The van der Waals surface area contributed by atoms with Gasteiger partial charge in [-0.1, -0.05) is 23.5 Å². The van der Waals surface area contributed by atoms with E-state index in [-0.39, 0.29) is 5.91 Å². The lowest BCUT2D eigenvalue weighted by atomic mass is 10.1. The van der Waals surface area contributed by atoms with Gasteiger partial charge in [0, 0.05) is 26.2 Å². The molecule has 6 heteroatoms. The molecule has 1 aliphatic rings. The van der Waals surface area contributed by atoms with Gasteiger partial charge in [-0.05, 0) is 26.0 Å². The molecule has 1 aromatic heterocycles. The SMILES string of the molecule is CC(C)(O)C(=O)N1CCN(c2nc3ccccc3s2)CC1. The van der Waals surface area contributed by atoms with Crippen molar-refractivity contribution in [1.29, 1.82) is 0 Å². The van der Waals surface area contributed by atoms with E-state index in [4.69, 9.17) is 0 Å². The van der Waals surface area contributed by atoms with Crippen molar-refractivity contribution in [3.8, 4) is 0 Å². The lowest BCUT2D eigenvalue weighted by molar-refractivity contribution is -0.148. The zero-order valence-electron chi connectivity index (χ0n) is 12.2. The summed E-state index contributed by atoms with van der Waals surface area (Å²) in [4.78, 5) is 20.6. The fourth-order valence-electron chi connectivity index (χ4n) is 2.48. The number of benzene rings is 1. The second-order valence-corrected chi connectivity index (χ2v) is 6.81. The molecule has 1 N–H and O–H groups in total. The first-order valence-corrected chi connectivity index (χ1v) is 7.89. The predicted molar refractivity (Wildman–Crippen MR) is 84.7 cm³/mol. The van der Waals surface area contributed by atoms with E-state index in [1.54, 1.807) is 16.2 Å². The Labute approximate surface area is 127 Å². The molecule has 1 saturated heterocycles. The summed E-state index contributed by atoms with van der Waals surface area (Å²) in [6, 6.07) is 8.10. The molecule has 0 spiro atoms. The number of rotatable bonds is 2. The lowest BCUT2D eigenvalue weighted by Gasteiger charge is -2.37. The maximum absolute atomic E-state index is 12.0. The minimum atomic E-state index is -1.29. The van der Waals surface area contributed by atoms with Crippen LogP contribution in [0.2, 0.25) is 0 Å². The van der Waals surface area contributed by atoms with Crippen LogP contribution in [0.25, 0.3) is 10.2 Å². The zero-order chi connectivity index (χ0) is 15.0. The first-order valence-electron chi connectivity index (χ1n) is 7.07. The maximum Gasteiger partial charge on any atom is 0.254 e. The van der Waals surface area contributed by atoms with Crippen molar-refractivity contribution in [3.63, 3.8) is 0 Å². The molecule has 0 aliphatic carbocycles. The van der Waals surface area contributed by atoms with Gasteiger partial charge in [-0.15, -0.1) is 0 Å². The molecule has 0 atom stereocenters. The number of hydrogen-bond donors (Lipinski definition) is 1. The summed E-state index contributed by atoms with van der Waals surface area (Å²) < 4.78 is 1.18. The Morgan fingerprint density at radius 3 is 2.52 bits per heavy atom. The molecule has 0 unspecified atom stereocenters. The van der Waals surface area contributed by atoms with Crippen LogP contribution in [0.15, 0.2) is 24.3 Å². The van der Waals surface area contributed by atoms with E-state index < -0.39 is 5.60 Å². The van der Waals surface area contributed by atoms with Gasteiger partial charge in [-0.2, -0.15) is 0 Å². The van der Waals surface area contributed by atoms with E-state index in [1.165, 1.54) is 18.5 Å². The van der Waals surface area contributed by atoms with Gasteiger partial charge in [-0.3, -0.25) is 4.79 Å². The smallest absolute Gasteiger partial charge is 0.254 e. The van der Waals surface area contributed by atoms with Crippen molar-refractivity contribution in [2.75, 3.05) is 31.1 Å². The molecule has 0 bridgehead atoms. The van der Waals surface area contributed by atoms with Crippen molar-refractivity contribution in [2.24, 2.45) is 0 Å². The van der Waals surface area contributed by atoms with Crippen molar-refractivity contribution >= 4 is 32.6 Å². The van der Waals surface area contributed by atoms with Crippen LogP contribution in [0, 0.1) is 0 Å². The second-order valence-electron chi connectivity index (χ2n) is 5.80. The number of carbonyl (C=O) groups excluding carboxylic acids is 1. The van der Waals surface area contributed by atoms with Crippen LogP contribution < -0.4 is 4.90 Å². The van der Waals surface area contributed by atoms with Gasteiger partial charge in [0.05, 0.1) is 10.2 Å². The second kappa shape index (κ2) is 5.27. The molecule has 0 radical (unpaired) electrons. The highest BCUT2D eigenvalue weighted by Gasteiger charge is 2.31. The molecule has 3 rings (SSSR count). The third-order valence-corrected chi connectivity index (χ3v) is 4.74. The molecule has 1 fully saturated rings. The number of hydrogen-bond acceptors (Lipinski definition) is 5. The molecule has 1 amide bonds. The van der Waals surface area contributed by atoms with E-state index in [0.29, 0.717) is 13.1 Å². The van der Waals surface area contributed by atoms with E-state index in [1.807, 2.05) is 18.2 Å². The molecule has 1 aliphatic heterocycles. The van der Waals surface area contributed by atoms with E-state index >= 15 is 0 Å². The van der Waals surface area contributed by atoms with Crippen molar-refractivity contribution in [1.82, 2.24) is 9.88 Å². The summed E-state index contributed by atoms with van der Waals surface area (Å²) in [5.41, 5.74) is -0.273. The number of aliphatic hydroxyl groups is 1. The number of amides is 1. The molecule has 5 nitrogen and oxygen atoms in total. The first kappa shape index (κ1) is 14.3. The summed E-state index contributed by atoms with van der Waals surface area (Å²) in [5.74, 6) is -0.202. The van der Waals surface area contributed by atoms with Crippen molar-refractivity contribution < 1.29 is 9.90 Å². The number of thiazole rings is 1. The number of aromatic nitrogens is 1. The monoisotopic (exact) mass is 305 g/mol. The third kappa shape index (κ3) is 2.87. The van der Waals surface area contributed by atoms with Crippen LogP contribution in [0.3, 0.4) is 0 Å². The van der Waals surface area contributed by atoms with Crippen LogP contribution in [0.5, 0.6) is 0 Å². The Morgan fingerprint density at radius 2 is 1.90 bits per heavy atom. The maximum atomic E-state index is 12.0. The minimum absolute atomic E-state index is 0.202. The van der Waals surface area contributed by atoms with Gasteiger partial charge >= 0.3 is 0 Å². The Bertz CT molecular complexity index is 621. The minimum Gasteiger partial charge on any atom is -0.381 e. The van der Waals surface area contributed by atoms with E-state index in [2.05, 4.69) is 16.0 Å². The van der Waals surface area contributed by atoms with Crippen LogP contribution in [0.4, 0.5) is 5.13 Å². The Morgan fingerprint density at radius 1 is 1.24 bits per heavy atom. The van der Waals surface area contributed by atoms with Crippen LogP contribution in [-0.4, -0.2) is 52.7 Å². The molecule has 112 valence electrons. The van der Waals surface area contributed by atoms with Gasteiger partial charge in [0.1, 0.15) is 5.60 Å². The summed E-state index contributed by atoms with van der Waals surface area (Å²) in [7, 11) is 0. The number of para-hydroxylation sites is 1. The predicted octanol–water partition coefficient (Wildman–Crippen LogP) is 1.72. The van der Waals surface area contributed by atoms with E-state index in [9.17, 15) is 9.90 Å². The fourth-order valence-corrected chi connectivity index (χ4v) is 3.50. The average molecular weight is 305 g/mol. The van der Waals surface area contributed by atoms with Crippen molar-refractivity contribution in [3.05, 3.63) is 24.3 Å². The summed E-state index contributed by atoms with van der Waals surface area (Å²) >= 11 is 1.68. The van der Waals surface area contributed by atoms with E-state index in [0.717, 1.165) is 23.7 Å². The number of nitrogens with zero attached hydrogens (tertiary/aromatic N) is 3. The average Bonchev–Trinajstić information content (AvgIpc) is 2.89. The quantitative estimate of drug-likeness (QED) is 0.918. The number of fused-ring (bicyclic) bond motifs is 1. The van der Waals surface area contributed by atoms with Gasteiger partial charge in [0.15, 0.2) is 5.13 Å². The van der Waals surface area contributed by atoms with Gasteiger partial charge in [0.25, 0.3) is 5.91 Å². The molecule has 0 saturated carbocycles. The highest BCUT2D eigenvalue weighted by Crippen LogP contribution is 2.29. The zero-order valence-corrected chi connectivity index (χ0v) is 13.1. The molecular weight excluding hydrogens is 286 g/mol. The Hall–Kier alpha value is -1.66. The van der Waals surface area contributed by atoms with Crippen molar-refractivity contribution in [2.45, 2.75) is 19.4 Å². The highest BCUT2D eigenvalue weighted by atomic mass is 32.1. The van der Waals surface area contributed by atoms with Crippen LogP contribution in [-0.2, 0) is 4.79 Å². The molecule has 1 aromatic carbocycles. The topological polar surface area (TPSA) is 56.7 Å². The first-order chi connectivity index (χ1) is 9.95. The van der Waals surface area contributed by atoms with Gasteiger partial charge in [0.2, 0.25) is 0 Å². The largest absolute Gasteiger partial charge is 0.381 e. The molecule has 2 aromatic rings. The highest BCUT2D eigenvalue weighted by molar-refractivity contribution is 7.22. The number of anilines is 1. The van der Waals surface area contributed by atoms with Crippen LogP contribution >= 0.6 is 11.3 Å². The van der Waals surface area contributed by atoms with Gasteiger partial charge in [-0.25, -0.2) is 4.98 Å². The van der Waals surface area contributed by atoms with Crippen LogP contribution in [0.1, 0.15) is 13.8 Å². The summed E-state index contributed by atoms with van der Waals surface area (Å²) in [5, 5.41) is 10.8. The third-order valence-electron chi connectivity index (χ3n) is 3.64. The summed E-state index contributed by atoms with van der Waals surface area (Å²) in [6.45, 7) is 5.82. The Kier molecular flexibility index (Phi) is 3.59.